The minimum absolute atomic E-state index is 0.0928. The van der Waals surface area contributed by atoms with E-state index in [0.29, 0.717) is 12.3 Å². The van der Waals surface area contributed by atoms with Crippen LogP contribution in [0.5, 0.6) is 0 Å². The van der Waals surface area contributed by atoms with E-state index in [1.165, 1.54) is 0 Å². The summed E-state index contributed by atoms with van der Waals surface area (Å²) in [5.74, 6) is 1.57. The molecule has 42 heavy (non-hydrogen) atoms. The van der Waals surface area contributed by atoms with Crippen LogP contribution in [0.1, 0.15) is 24.8 Å². The summed E-state index contributed by atoms with van der Waals surface area (Å²) in [6.45, 7) is 8.07. The molecule has 2 aromatic carbocycles. The van der Waals surface area contributed by atoms with Gasteiger partial charge in [0.2, 0.25) is 5.91 Å². The van der Waals surface area contributed by atoms with Gasteiger partial charge in [0, 0.05) is 55.3 Å². The number of benzene rings is 2. The molecular weight excluding hydrogens is 524 g/mol. The summed E-state index contributed by atoms with van der Waals surface area (Å²) in [5.41, 5.74) is 7.99. The van der Waals surface area contributed by atoms with Crippen LogP contribution >= 0.6 is 0 Å². The normalized spacial score (nSPS) is 16.9. The Hall–Kier alpha value is -4.21. The van der Waals surface area contributed by atoms with Crippen molar-refractivity contribution in [2.24, 2.45) is 5.92 Å². The number of nitrogens with zero attached hydrogens (tertiary/aromatic N) is 4. The van der Waals surface area contributed by atoms with Crippen molar-refractivity contribution in [2.75, 3.05) is 56.5 Å². The van der Waals surface area contributed by atoms with Gasteiger partial charge in [0.05, 0.1) is 16.7 Å². The summed E-state index contributed by atoms with van der Waals surface area (Å²) < 4.78 is 0. The van der Waals surface area contributed by atoms with Crippen LogP contribution in [0.2, 0.25) is 0 Å². The molecular formula is C33H38N8O. The number of aromatic amines is 2. The first-order chi connectivity index (χ1) is 20.5. The maximum Gasteiger partial charge on any atom is 0.224 e. The number of H-pyrrole nitrogens is 2. The summed E-state index contributed by atoms with van der Waals surface area (Å²) in [5, 5.41) is 16.6. The van der Waals surface area contributed by atoms with E-state index >= 15 is 0 Å². The fourth-order valence-electron chi connectivity index (χ4n) is 6.42. The summed E-state index contributed by atoms with van der Waals surface area (Å²) in [4.78, 5) is 25.9. The number of carbonyl (C=O) groups excluding carboxylic acids is 1. The van der Waals surface area contributed by atoms with Crippen LogP contribution in [0, 0.1) is 12.8 Å². The number of rotatable bonds is 6. The zero-order chi connectivity index (χ0) is 28.6. The van der Waals surface area contributed by atoms with E-state index in [4.69, 9.17) is 10.1 Å². The summed E-state index contributed by atoms with van der Waals surface area (Å²) in [6.07, 6.45) is 4.58. The lowest BCUT2D eigenvalue weighted by Crippen LogP contribution is -2.44. The summed E-state index contributed by atoms with van der Waals surface area (Å²) in [6, 6.07) is 16.9. The molecule has 2 fully saturated rings. The zero-order valence-electron chi connectivity index (χ0n) is 24.3. The monoisotopic (exact) mass is 562 g/mol. The molecule has 9 nitrogen and oxygen atoms in total. The molecule has 0 bridgehead atoms. The lowest BCUT2D eigenvalue weighted by atomic mass is 9.94. The van der Waals surface area contributed by atoms with Gasteiger partial charge in [0.1, 0.15) is 11.5 Å². The number of piperidine rings is 1. The number of amides is 1. The van der Waals surface area contributed by atoms with Gasteiger partial charge in [-0.1, -0.05) is 12.1 Å². The Kier molecular flexibility index (Phi) is 7.13. The van der Waals surface area contributed by atoms with Gasteiger partial charge in [-0.05, 0) is 98.9 Å². The number of aryl methyl sites for hydroxylation is 1. The van der Waals surface area contributed by atoms with Crippen molar-refractivity contribution in [3.05, 3.63) is 60.3 Å². The first kappa shape index (κ1) is 26.7. The van der Waals surface area contributed by atoms with E-state index in [9.17, 15) is 4.79 Å². The number of hydrogen-bond donors (Lipinski definition) is 4. The lowest BCUT2D eigenvalue weighted by Gasteiger charge is -2.33. The van der Waals surface area contributed by atoms with E-state index in [1.807, 2.05) is 18.3 Å². The topological polar surface area (TPSA) is 105 Å². The van der Waals surface area contributed by atoms with Gasteiger partial charge in [0.15, 0.2) is 0 Å². The van der Waals surface area contributed by atoms with Crippen LogP contribution in [-0.4, -0.2) is 77.3 Å². The average molecular weight is 563 g/mol. The molecule has 216 valence electrons. The lowest BCUT2D eigenvalue weighted by molar-refractivity contribution is -0.117. The number of likely N-dealkylation sites (N-methyl/N-ethyl adjacent to an activating group) is 1. The predicted octanol–water partition coefficient (Wildman–Crippen LogP) is 5.16. The van der Waals surface area contributed by atoms with E-state index < -0.39 is 0 Å². The largest absolute Gasteiger partial charge is 0.353 e. The molecule has 2 saturated heterocycles. The van der Waals surface area contributed by atoms with Gasteiger partial charge in [0.25, 0.3) is 0 Å². The highest BCUT2D eigenvalue weighted by Crippen LogP contribution is 2.35. The van der Waals surface area contributed by atoms with Crippen molar-refractivity contribution in [1.29, 1.82) is 0 Å². The molecule has 2 aliphatic rings. The quantitative estimate of drug-likeness (QED) is 0.228. The number of aromatic nitrogens is 4. The molecule has 5 aromatic rings. The molecule has 9 heteroatoms. The molecule has 0 spiro atoms. The highest BCUT2D eigenvalue weighted by atomic mass is 16.1. The van der Waals surface area contributed by atoms with E-state index in [-0.39, 0.29) is 5.91 Å². The van der Waals surface area contributed by atoms with Crippen LogP contribution in [0.4, 0.5) is 11.5 Å². The molecule has 0 aliphatic carbocycles. The second-order valence-corrected chi connectivity index (χ2v) is 11.9. The fraction of sp³-hybridized carbons (Fsp3) is 0.364. The Labute approximate surface area is 245 Å². The number of carbonyl (C=O) groups is 1. The van der Waals surface area contributed by atoms with E-state index in [1.54, 1.807) is 0 Å². The second kappa shape index (κ2) is 11.2. The average Bonchev–Trinajstić information content (AvgIpc) is 3.61. The Morgan fingerprint density at radius 1 is 0.952 bits per heavy atom. The van der Waals surface area contributed by atoms with Crippen LogP contribution in [0.15, 0.2) is 54.7 Å². The molecule has 3 aromatic heterocycles. The van der Waals surface area contributed by atoms with Crippen molar-refractivity contribution in [1.82, 2.24) is 30.4 Å². The van der Waals surface area contributed by atoms with Gasteiger partial charge >= 0.3 is 0 Å². The smallest absolute Gasteiger partial charge is 0.224 e. The Balaban J connectivity index is 1.18. The highest BCUT2D eigenvalue weighted by molar-refractivity contribution is 6.00. The van der Waals surface area contributed by atoms with Crippen molar-refractivity contribution in [3.63, 3.8) is 0 Å². The highest BCUT2D eigenvalue weighted by Gasteiger charge is 2.20. The summed E-state index contributed by atoms with van der Waals surface area (Å²) >= 11 is 0. The van der Waals surface area contributed by atoms with Crippen LogP contribution in [0.25, 0.3) is 44.3 Å². The SMILES string of the molecule is Cc1cc(NC(=O)CC2CCNCC2)cc(-c2ccc3[nH]nc(-c4cc5c(N6CCN(C)CC6)nccc5[nH]4)c3c2)c1. The Morgan fingerprint density at radius 3 is 2.62 bits per heavy atom. The minimum atomic E-state index is 0.0928. The van der Waals surface area contributed by atoms with Gasteiger partial charge in [-0.25, -0.2) is 4.98 Å². The third-order valence-electron chi connectivity index (χ3n) is 8.78. The third kappa shape index (κ3) is 5.37. The molecule has 2 aliphatic heterocycles. The first-order valence-corrected chi connectivity index (χ1v) is 15.0. The Morgan fingerprint density at radius 2 is 1.79 bits per heavy atom. The maximum absolute atomic E-state index is 12.8. The molecule has 0 unspecified atom stereocenters. The number of fused-ring (bicyclic) bond motifs is 2. The van der Waals surface area contributed by atoms with Crippen molar-refractivity contribution >= 4 is 39.2 Å². The van der Waals surface area contributed by atoms with Gasteiger partial charge in [-0.3, -0.25) is 9.89 Å². The number of hydrogen-bond acceptors (Lipinski definition) is 6. The minimum Gasteiger partial charge on any atom is -0.353 e. The van der Waals surface area contributed by atoms with Crippen LogP contribution < -0.4 is 15.5 Å². The van der Waals surface area contributed by atoms with Crippen LogP contribution in [0.3, 0.4) is 0 Å². The first-order valence-electron chi connectivity index (χ1n) is 15.0. The number of pyridine rings is 1. The fourth-order valence-corrected chi connectivity index (χ4v) is 6.42. The summed E-state index contributed by atoms with van der Waals surface area (Å²) in [7, 11) is 2.17. The molecule has 0 radical (unpaired) electrons. The van der Waals surface area contributed by atoms with E-state index in [2.05, 4.69) is 80.9 Å². The number of piperazine rings is 1. The van der Waals surface area contributed by atoms with Crippen molar-refractivity contribution in [3.8, 4) is 22.5 Å². The van der Waals surface area contributed by atoms with Crippen LogP contribution in [-0.2, 0) is 4.79 Å². The molecule has 1 amide bonds. The maximum atomic E-state index is 12.8. The number of anilines is 2. The molecule has 0 atom stereocenters. The van der Waals surface area contributed by atoms with Crippen molar-refractivity contribution in [2.45, 2.75) is 26.2 Å². The Bertz CT molecular complexity index is 1740. The molecule has 7 rings (SSSR count). The molecule has 0 saturated carbocycles. The standard InChI is InChI=1S/C33H38N8O/c1-21-15-24(18-25(16-21)36-31(42)17-22-5-8-34-9-6-22)23-3-4-29-26(19-23)32(39-38-29)30-20-27-28(37-30)7-10-35-33(27)41-13-11-40(2)12-14-41/h3-4,7,10,15-16,18-20,22,34,37H,5-6,8-9,11-14,17H2,1-2H3,(H,36,42)(H,38,39). The zero-order valence-corrected chi connectivity index (χ0v) is 24.3. The van der Waals surface area contributed by atoms with E-state index in [0.717, 1.165) is 113 Å². The third-order valence-corrected chi connectivity index (χ3v) is 8.78. The molecule has 5 heterocycles. The van der Waals surface area contributed by atoms with Gasteiger partial charge in [-0.15, -0.1) is 0 Å². The number of nitrogens with one attached hydrogen (secondary N) is 4. The second-order valence-electron chi connectivity index (χ2n) is 11.9. The predicted molar refractivity (Wildman–Crippen MR) is 170 cm³/mol. The molecule has 4 N–H and O–H groups in total. The van der Waals surface area contributed by atoms with Gasteiger partial charge in [-0.2, -0.15) is 5.10 Å². The van der Waals surface area contributed by atoms with Gasteiger partial charge < -0.3 is 25.4 Å². The van der Waals surface area contributed by atoms with Crippen molar-refractivity contribution < 1.29 is 4.79 Å².